The molecular weight excluding hydrogens is 472 g/mol. The maximum absolute atomic E-state index is 13.3. The molecule has 3 aliphatic rings. The van der Waals surface area contributed by atoms with Crippen LogP contribution >= 0.6 is 0 Å². The van der Waals surface area contributed by atoms with E-state index in [1.807, 2.05) is 4.90 Å². The average molecular weight is 508 g/mol. The van der Waals surface area contributed by atoms with Crippen LogP contribution in [0.5, 0.6) is 0 Å². The molecule has 4 atom stereocenters. The number of piperidine rings is 1. The van der Waals surface area contributed by atoms with Gasteiger partial charge in [-0.3, -0.25) is 15.0 Å². The molecule has 1 aromatic carbocycles. The Morgan fingerprint density at radius 2 is 1.75 bits per heavy atom. The second-order valence-corrected chi connectivity index (χ2v) is 10.1. The highest BCUT2D eigenvalue weighted by molar-refractivity contribution is 5.78. The average Bonchev–Trinajstić information content (AvgIpc) is 3.46. The van der Waals surface area contributed by atoms with Gasteiger partial charge in [0.2, 0.25) is 11.8 Å². The lowest BCUT2D eigenvalue weighted by Crippen LogP contribution is -2.45. The topological polar surface area (TPSA) is 112 Å². The summed E-state index contributed by atoms with van der Waals surface area (Å²) in [6.45, 7) is 3.59. The Bertz CT molecular complexity index is 936. The number of ether oxygens (including phenoxy) is 1. The summed E-state index contributed by atoms with van der Waals surface area (Å²) < 4.78 is 32.3. The number of nitrogens with zero attached hydrogens (tertiary/aromatic N) is 1. The number of hydrazine groups is 1. The van der Waals surface area contributed by atoms with Gasteiger partial charge in [-0.2, -0.15) is 0 Å². The lowest BCUT2D eigenvalue weighted by Gasteiger charge is -2.31. The summed E-state index contributed by atoms with van der Waals surface area (Å²) in [6, 6.07) is 3.19. The third kappa shape index (κ3) is 7.36. The molecule has 4 rings (SSSR count). The molecule has 2 aliphatic heterocycles. The van der Waals surface area contributed by atoms with E-state index in [4.69, 9.17) is 4.74 Å². The zero-order chi connectivity index (χ0) is 25.7. The van der Waals surface area contributed by atoms with Crippen molar-refractivity contribution < 1.29 is 27.9 Å². The molecule has 4 N–H and O–H groups in total. The van der Waals surface area contributed by atoms with Gasteiger partial charge in [-0.15, -0.1) is 0 Å². The molecule has 11 heteroatoms. The van der Waals surface area contributed by atoms with Crippen molar-refractivity contribution in [3.8, 4) is 0 Å². The van der Waals surface area contributed by atoms with Crippen molar-refractivity contribution >= 4 is 17.9 Å². The smallest absolute Gasteiger partial charge is 0.407 e. The third-order valence-corrected chi connectivity index (χ3v) is 7.42. The highest BCUT2D eigenvalue weighted by Gasteiger charge is 2.37. The molecule has 3 fully saturated rings. The van der Waals surface area contributed by atoms with Crippen LogP contribution in [0.25, 0.3) is 0 Å². The molecule has 0 bridgehead atoms. The molecule has 2 saturated heterocycles. The fourth-order valence-corrected chi connectivity index (χ4v) is 5.45. The number of alkyl carbamates (subject to hydrolysis) is 1. The fraction of sp³-hybridized carbons (Fsp3) is 0.640. The van der Waals surface area contributed by atoms with Crippen LogP contribution in [0.3, 0.4) is 0 Å². The second-order valence-electron chi connectivity index (χ2n) is 10.1. The number of halogens is 2. The fourth-order valence-electron chi connectivity index (χ4n) is 5.45. The number of nitrogens with one attached hydrogen (secondary N) is 4. The summed E-state index contributed by atoms with van der Waals surface area (Å²) in [4.78, 5) is 37.9. The minimum absolute atomic E-state index is 0.0952. The molecule has 3 amide bonds. The van der Waals surface area contributed by atoms with Gasteiger partial charge < -0.3 is 20.3 Å². The van der Waals surface area contributed by atoms with Gasteiger partial charge in [-0.1, -0.05) is 0 Å². The van der Waals surface area contributed by atoms with Crippen LogP contribution < -0.4 is 21.5 Å². The molecule has 2 unspecified atom stereocenters. The normalized spacial score (nSPS) is 26.6. The van der Waals surface area contributed by atoms with E-state index in [1.54, 1.807) is 6.92 Å². The van der Waals surface area contributed by atoms with Gasteiger partial charge in [-0.05, 0) is 68.1 Å². The number of likely N-dealkylation sites (tertiary alicyclic amines) is 1. The van der Waals surface area contributed by atoms with Gasteiger partial charge in [0.1, 0.15) is 17.7 Å². The first-order chi connectivity index (χ1) is 17.2. The van der Waals surface area contributed by atoms with E-state index in [0.29, 0.717) is 24.8 Å². The molecule has 9 nitrogen and oxygen atoms in total. The molecular formula is C25H35F2N5O4. The third-order valence-electron chi connectivity index (χ3n) is 7.42. The number of hydrogen-bond donors (Lipinski definition) is 4. The van der Waals surface area contributed by atoms with Crippen LogP contribution in [-0.4, -0.2) is 60.8 Å². The number of carbonyl (C=O) groups is 3. The summed E-state index contributed by atoms with van der Waals surface area (Å²) >= 11 is 0. The Morgan fingerprint density at radius 3 is 2.44 bits per heavy atom. The van der Waals surface area contributed by atoms with Crippen LogP contribution in [-0.2, 0) is 20.7 Å². The van der Waals surface area contributed by atoms with Crippen LogP contribution in [0, 0.1) is 23.5 Å². The molecule has 0 aromatic heterocycles. The van der Waals surface area contributed by atoms with E-state index in [1.165, 1.54) is 0 Å². The van der Waals surface area contributed by atoms with Gasteiger partial charge in [0, 0.05) is 38.7 Å². The molecule has 36 heavy (non-hydrogen) atoms. The van der Waals surface area contributed by atoms with Gasteiger partial charge in [0.25, 0.3) is 0 Å². The van der Waals surface area contributed by atoms with Gasteiger partial charge in [-0.25, -0.2) is 19.0 Å². The molecule has 1 aliphatic carbocycles. The quantitative estimate of drug-likeness (QED) is 0.449. The first-order valence-corrected chi connectivity index (χ1v) is 12.7. The maximum Gasteiger partial charge on any atom is 0.407 e. The number of hydrogen-bond acceptors (Lipinski definition) is 6. The van der Waals surface area contributed by atoms with Crippen molar-refractivity contribution in [3.05, 3.63) is 35.4 Å². The second kappa shape index (κ2) is 12.0. The number of benzene rings is 1. The number of carbonyl (C=O) groups excluding carboxylic acids is 3. The largest absolute Gasteiger partial charge is 0.446 e. The van der Waals surface area contributed by atoms with Crippen molar-refractivity contribution in [2.24, 2.45) is 11.8 Å². The Balaban J connectivity index is 1.13. The van der Waals surface area contributed by atoms with Crippen molar-refractivity contribution in [2.75, 3.05) is 19.6 Å². The first kappa shape index (κ1) is 26.3. The summed E-state index contributed by atoms with van der Waals surface area (Å²) in [7, 11) is 0. The Hall–Kier alpha value is -2.79. The van der Waals surface area contributed by atoms with Crippen LogP contribution in [0.15, 0.2) is 18.2 Å². The summed E-state index contributed by atoms with van der Waals surface area (Å²) in [5.41, 5.74) is 6.57. The molecule has 0 radical (unpaired) electrons. The predicted octanol–water partition coefficient (Wildman–Crippen LogP) is 1.97. The van der Waals surface area contributed by atoms with E-state index in [0.717, 1.165) is 63.4 Å². The highest BCUT2D eigenvalue weighted by atomic mass is 19.1. The maximum atomic E-state index is 13.3. The van der Waals surface area contributed by atoms with Crippen molar-refractivity contribution in [1.29, 1.82) is 0 Å². The standard InChI is InChI=1S/C25H35F2N5O4/c1-15(33)32-6-4-16(5-7-32)14-28-25(35)36-21-3-2-18(11-21)22-13-23(31-30-22)29-24(34)10-17-8-19(26)12-20(27)9-17/h8-9,12,16,18,21-23,30-31H,2-7,10-11,13-14H2,1H3,(H,28,35)(H,29,34)/t18-,21+,22?,23?/m1/s1. The van der Waals surface area contributed by atoms with Gasteiger partial charge >= 0.3 is 6.09 Å². The SMILES string of the molecule is CC(=O)N1CCC(CNC(=O)O[C@H]2CC[C@@H](C3CC(NC(=O)Cc4cc(F)cc(F)c4)NN3)C2)CC1. The first-order valence-electron chi connectivity index (χ1n) is 12.7. The summed E-state index contributed by atoms with van der Waals surface area (Å²) in [5, 5.41) is 5.72. The van der Waals surface area contributed by atoms with Crippen LogP contribution in [0.1, 0.15) is 51.0 Å². The number of rotatable bonds is 7. The Morgan fingerprint density at radius 1 is 1.03 bits per heavy atom. The van der Waals surface area contributed by atoms with Crippen molar-refractivity contribution in [1.82, 2.24) is 26.4 Å². The Labute approximate surface area is 209 Å². The zero-order valence-corrected chi connectivity index (χ0v) is 20.5. The highest BCUT2D eigenvalue weighted by Crippen LogP contribution is 2.33. The molecule has 198 valence electrons. The van der Waals surface area contributed by atoms with E-state index in [9.17, 15) is 23.2 Å². The monoisotopic (exact) mass is 507 g/mol. The van der Waals surface area contributed by atoms with Gasteiger partial charge in [0.15, 0.2) is 0 Å². The van der Waals surface area contributed by atoms with Crippen molar-refractivity contribution in [2.45, 2.75) is 70.2 Å². The van der Waals surface area contributed by atoms with Crippen LogP contribution in [0.2, 0.25) is 0 Å². The lowest BCUT2D eigenvalue weighted by atomic mass is 9.96. The predicted molar refractivity (Wildman–Crippen MR) is 127 cm³/mol. The van der Waals surface area contributed by atoms with E-state index in [2.05, 4.69) is 21.5 Å². The van der Waals surface area contributed by atoms with Crippen molar-refractivity contribution in [3.63, 3.8) is 0 Å². The Kier molecular flexibility index (Phi) is 8.73. The molecule has 1 saturated carbocycles. The lowest BCUT2D eigenvalue weighted by molar-refractivity contribution is -0.130. The molecule has 1 aromatic rings. The van der Waals surface area contributed by atoms with E-state index < -0.39 is 17.7 Å². The molecule has 0 spiro atoms. The van der Waals surface area contributed by atoms with Gasteiger partial charge in [0.05, 0.1) is 12.6 Å². The van der Waals surface area contributed by atoms with Crippen LogP contribution in [0.4, 0.5) is 13.6 Å². The minimum atomic E-state index is -0.708. The number of amides is 3. The minimum Gasteiger partial charge on any atom is -0.446 e. The summed E-state index contributed by atoms with van der Waals surface area (Å²) in [6.07, 6.45) is 3.91. The zero-order valence-electron chi connectivity index (χ0n) is 20.5. The molecule has 2 heterocycles. The summed E-state index contributed by atoms with van der Waals surface area (Å²) in [5.74, 6) is -0.995. The van der Waals surface area contributed by atoms with E-state index >= 15 is 0 Å². The van der Waals surface area contributed by atoms with E-state index in [-0.39, 0.29) is 42.1 Å².